The second kappa shape index (κ2) is 9.40. The van der Waals surface area contributed by atoms with Crippen LogP contribution in [-0.2, 0) is 0 Å². The van der Waals surface area contributed by atoms with E-state index < -0.39 is 4.92 Å². The van der Waals surface area contributed by atoms with Gasteiger partial charge in [-0.25, -0.2) is 4.98 Å². The lowest BCUT2D eigenvalue weighted by Gasteiger charge is -2.30. The number of aromatic nitrogens is 2. The molecule has 2 aromatic carbocycles. The van der Waals surface area contributed by atoms with Crippen molar-refractivity contribution in [3.8, 4) is 0 Å². The number of nitro groups is 1. The van der Waals surface area contributed by atoms with Crippen molar-refractivity contribution in [2.75, 3.05) is 24.3 Å². The number of carbonyl (C=O) groups is 1. The third-order valence-corrected chi connectivity index (χ3v) is 6.07. The molecule has 1 aliphatic carbocycles. The number of nitrogens with zero attached hydrogens (tertiary/aromatic N) is 4. The van der Waals surface area contributed by atoms with Crippen molar-refractivity contribution in [2.45, 2.75) is 44.7 Å². The van der Waals surface area contributed by atoms with Gasteiger partial charge in [-0.15, -0.1) is 0 Å². The topological polar surface area (TPSA) is 113 Å². The highest BCUT2D eigenvalue weighted by Gasteiger charge is 2.24. The molecule has 0 aliphatic heterocycles. The van der Waals surface area contributed by atoms with Gasteiger partial charge in [-0.1, -0.05) is 18.2 Å². The zero-order chi connectivity index (χ0) is 23.5. The number of fused-ring (bicyclic) bond motifs is 1. The number of carbonyl (C=O) groups excluding carboxylic acids is 1. The van der Waals surface area contributed by atoms with Crippen LogP contribution in [0.4, 0.5) is 17.5 Å². The first-order chi connectivity index (χ1) is 15.8. The van der Waals surface area contributed by atoms with Gasteiger partial charge in [0.2, 0.25) is 5.95 Å². The van der Waals surface area contributed by atoms with Gasteiger partial charge in [0.25, 0.3) is 11.6 Å². The fourth-order valence-corrected chi connectivity index (χ4v) is 4.25. The summed E-state index contributed by atoms with van der Waals surface area (Å²) in [4.78, 5) is 34.7. The van der Waals surface area contributed by atoms with Crippen LogP contribution in [0.1, 0.15) is 41.6 Å². The average molecular weight is 449 g/mol. The van der Waals surface area contributed by atoms with Crippen molar-refractivity contribution in [1.82, 2.24) is 15.3 Å². The average Bonchev–Trinajstić information content (AvgIpc) is 2.79. The maximum absolute atomic E-state index is 12.6. The van der Waals surface area contributed by atoms with E-state index in [0.29, 0.717) is 17.1 Å². The molecule has 0 unspecified atom stereocenters. The fraction of sp³-hybridized carbons (Fsp3) is 0.375. The van der Waals surface area contributed by atoms with Crippen LogP contribution in [-0.4, -0.2) is 47.0 Å². The van der Waals surface area contributed by atoms with E-state index >= 15 is 0 Å². The number of anilines is 2. The second-order valence-corrected chi connectivity index (χ2v) is 8.71. The molecule has 0 saturated heterocycles. The molecule has 2 N–H and O–H groups in total. The van der Waals surface area contributed by atoms with Gasteiger partial charge < -0.3 is 15.5 Å². The summed E-state index contributed by atoms with van der Waals surface area (Å²) in [6.45, 7) is 1.66. The molecule has 0 spiro atoms. The van der Waals surface area contributed by atoms with Crippen molar-refractivity contribution >= 4 is 34.3 Å². The quantitative estimate of drug-likeness (QED) is 0.432. The first-order valence-corrected chi connectivity index (χ1v) is 11.1. The normalized spacial score (nSPS) is 18.0. The minimum Gasteiger partial charge on any atom is -0.362 e. The van der Waals surface area contributed by atoms with Crippen molar-refractivity contribution in [3.63, 3.8) is 0 Å². The van der Waals surface area contributed by atoms with E-state index in [9.17, 15) is 14.9 Å². The molecule has 0 radical (unpaired) electrons. The van der Waals surface area contributed by atoms with Gasteiger partial charge in [0.15, 0.2) is 0 Å². The second-order valence-electron chi connectivity index (χ2n) is 8.71. The van der Waals surface area contributed by atoms with Crippen LogP contribution in [0.15, 0.2) is 42.5 Å². The largest absolute Gasteiger partial charge is 0.362 e. The molecule has 4 rings (SSSR count). The number of benzene rings is 2. The zero-order valence-electron chi connectivity index (χ0n) is 19.0. The Kier molecular flexibility index (Phi) is 6.39. The highest BCUT2D eigenvalue weighted by Crippen LogP contribution is 2.27. The van der Waals surface area contributed by atoms with E-state index in [2.05, 4.69) is 15.6 Å². The maximum Gasteiger partial charge on any atom is 0.273 e. The number of nitrogens with one attached hydrogen (secondary N) is 2. The smallest absolute Gasteiger partial charge is 0.273 e. The molecule has 1 aliphatic rings. The molecule has 9 nitrogen and oxygen atoms in total. The van der Waals surface area contributed by atoms with Crippen LogP contribution in [0.5, 0.6) is 0 Å². The van der Waals surface area contributed by atoms with E-state index in [1.54, 1.807) is 19.1 Å². The fourth-order valence-electron chi connectivity index (χ4n) is 4.25. The van der Waals surface area contributed by atoms with E-state index in [4.69, 9.17) is 4.98 Å². The molecule has 0 atom stereocenters. The summed E-state index contributed by atoms with van der Waals surface area (Å²) in [5, 5.41) is 18.7. The molecule has 1 saturated carbocycles. The van der Waals surface area contributed by atoms with Crippen LogP contribution in [0.2, 0.25) is 0 Å². The SMILES string of the molecule is Cc1ccc(C(=O)N[C@H]2CC[C@@H](Nc3nc(N(C)C)c4ccccc4n3)CC2)cc1[N+](=O)[O-]. The minimum absolute atomic E-state index is 0.0331. The van der Waals surface area contributed by atoms with Gasteiger partial charge in [-0.05, 0) is 50.8 Å². The van der Waals surface area contributed by atoms with Crippen LogP contribution < -0.4 is 15.5 Å². The number of rotatable bonds is 6. The zero-order valence-corrected chi connectivity index (χ0v) is 19.0. The third-order valence-electron chi connectivity index (χ3n) is 6.07. The highest BCUT2D eigenvalue weighted by molar-refractivity contribution is 5.95. The number of amides is 1. The van der Waals surface area contributed by atoms with Gasteiger partial charge in [0.1, 0.15) is 5.82 Å². The van der Waals surface area contributed by atoms with Crippen molar-refractivity contribution in [1.29, 1.82) is 0 Å². The predicted molar refractivity (Wildman–Crippen MR) is 129 cm³/mol. The monoisotopic (exact) mass is 448 g/mol. The Morgan fingerprint density at radius 2 is 1.76 bits per heavy atom. The standard InChI is InChI=1S/C24H28N6O3/c1-15-8-9-16(14-21(15)30(32)33)23(31)25-17-10-12-18(13-11-17)26-24-27-20-7-5-4-6-19(20)22(28-24)29(2)3/h4-9,14,17-18H,10-13H2,1-3H3,(H,25,31)(H,26,27,28)/t17-,18+. The van der Waals surface area contributed by atoms with Crippen molar-refractivity contribution in [2.24, 2.45) is 0 Å². The van der Waals surface area contributed by atoms with Gasteiger partial charge in [-0.2, -0.15) is 4.98 Å². The maximum atomic E-state index is 12.6. The molecular formula is C24H28N6O3. The molecular weight excluding hydrogens is 420 g/mol. The Morgan fingerprint density at radius 3 is 2.45 bits per heavy atom. The molecule has 1 amide bonds. The summed E-state index contributed by atoms with van der Waals surface area (Å²) in [5.41, 5.74) is 1.71. The molecule has 1 aromatic heterocycles. The molecule has 1 fully saturated rings. The Hall–Kier alpha value is -3.75. The predicted octanol–water partition coefficient (Wildman–Crippen LogP) is 4.07. The number of hydrogen-bond donors (Lipinski definition) is 2. The molecule has 33 heavy (non-hydrogen) atoms. The number of hydrogen-bond acceptors (Lipinski definition) is 7. The summed E-state index contributed by atoms with van der Waals surface area (Å²) in [5.74, 6) is 1.20. The van der Waals surface area contributed by atoms with Crippen LogP contribution in [0.25, 0.3) is 10.9 Å². The number of nitro benzene ring substituents is 1. The molecule has 172 valence electrons. The van der Waals surface area contributed by atoms with Crippen LogP contribution in [0, 0.1) is 17.0 Å². The summed E-state index contributed by atoms with van der Waals surface area (Å²) in [6.07, 6.45) is 3.36. The van der Waals surface area contributed by atoms with Crippen molar-refractivity contribution < 1.29 is 9.72 Å². The summed E-state index contributed by atoms with van der Waals surface area (Å²) in [7, 11) is 3.93. The highest BCUT2D eigenvalue weighted by atomic mass is 16.6. The molecule has 3 aromatic rings. The minimum atomic E-state index is -0.459. The number of aryl methyl sites for hydroxylation is 1. The van der Waals surface area contributed by atoms with Gasteiger partial charge in [0.05, 0.1) is 10.4 Å². The van der Waals surface area contributed by atoms with Gasteiger partial charge >= 0.3 is 0 Å². The summed E-state index contributed by atoms with van der Waals surface area (Å²) < 4.78 is 0. The Bertz CT molecular complexity index is 1190. The van der Waals surface area contributed by atoms with E-state index in [1.807, 2.05) is 43.3 Å². The Labute approximate surface area is 192 Å². The lowest BCUT2D eigenvalue weighted by Crippen LogP contribution is -2.40. The lowest BCUT2D eigenvalue weighted by molar-refractivity contribution is -0.385. The van der Waals surface area contributed by atoms with Crippen LogP contribution in [0.3, 0.4) is 0 Å². The van der Waals surface area contributed by atoms with E-state index in [1.165, 1.54) is 6.07 Å². The Morgan fingerprint density at radius 1 is 1.06 bits per heavy atom. The van der Waals surface area contributed by atoms with Crippen molar-refractivity contribution in [3.05, 3.63) is 63.7 Å². The first-order valence-electron chi connectivity index (χ1n) is 11.1. The van der Waals surface area contributed by atoms with Gasteiger partial charge in [0, 0.05) is 48.8 Å². The van der Waals surface area contributed by atoms with Crippen LogP contribution >= 0.6 is 0 Å². The molecule has 1 heterocycles. The van der Waals surface area contributed by atoms with Gasteiger partial charge in [-0.3, -0.25) is 14.9 Å². The first kappa shape index (κ1) is 22.4. The lowest BCUT2D eigenvalue weighted by atomic mass is 9.91. The van der Waals surface area contributed by atoms with E-state index in [-0.39, 0.29) is 23.7 Å². The van der Waals surface area contributed by atoms with E-state index in [0.717, 1.165) is 42.4 Å². The molecule has 9 heteroatoms. The summed E-state index contributed by atoms with van der Waals surface area (Å²) >= 11 is 0. The number of para-hydroxylation sites is 1. The molecule has 0 bridgehead atoms. The Balaban J connectivity index is 1.37. The third kappa shape index (κ3) is 5.02. The summed E-state index contributed by atoms with van der Waals surface area (Å²) in [6, 6.07) is 12.8.